The minimum absolute atomic E-state index is 0. The molecule has 0 amide bonds. The summed E-state index contributed by atoms with van der Waals surface area (Å²) in [5.41, 5.74) is 6.33. The summed E-state index contributed by atoms with van der Waals surface area (Å²) in [6, 6.07) is 9.58. The number of hydrogen-bond acceptors (Lipinski definition) is 3. The Labute approximate surface area is 96.0 Å². The van der Waals surface area contributed by atoms with E-state index in [1.54, 1.807) is 6.92 Å². The van der Waals surface area contributed by atoms with Crippen LogP contribution >= 0.6 is 12.4 Å². The van der Waals surface area contributed by atoms with Gasteiger partial charge < -0.3 is 10.5 Å². The molecule has 1 rings (SSSR count). The first-order chi connectivity index (χ1) is 6.74. The Balaban J connectivity index is 0.00000196. The Morgan fingerprint density at radius 1 is 1.40 bits per heavy atom. The maximum absolute atomic E-state index is 11.2. The minimum atomic E-state index is -0.239. The van der Waals surface area contributed by atoms with Gasteiger partial charge in [-0.1, -0.05) is 37.3 Å². The summed E-state index contributed by atoms with van der Waals surface area (Å²) in [4.78, 5) is 11.2. The van der Waals surface area contributed by atoms with Gasteiger partial charge in [0.1, 0.15) is 6.61 Å². The van der Waals surface area contributed by atoms with Gasteiger partial charge in [-0.15, -0.1) is 12.4 Å². The van der Waals surface area contributed by atoms with Crippen LogP contribution in [0.3, 0.4) is 0 Å². The molecule has 0 spiro atoms. The number of hydrogen-bond donors (Lipinski definition) is 1. The minimum Gasteiger partial charge on any atom is -0.461 e. The summed E-state index contributed by atoms with van der Waals surface area (Å²) < 4.78 is 5.06. The van der Waals surface area contributed by atoms with Crippen molar-refractivity contribution in [1.29, 1.82) is 0 Å². The van der Waals surface area contributed by atoms with Gasteiger partial charge in [0.15, 0.2) is 0 Å². The first-order valence-electron chi connectivity index (χ1n) is 4.64. The van der Waals surface area contributed by atoms with Crippen LogP contribution in [-0.2, 0) is 16.1 Å². The van der Waals surface area contributed by atoms with E-state index in [-0.39, 0.29) is 24.3 Å². The highest BCUT2D eigenvalue weighted by Crippen LogP contribution is 2.03. The predicted molar refractivity (Wildman–Crippen MR) is 61.7 cm³/mol. The van der Waals surface area contributed by atoms with E-state index in [1.807, 2.05) is 30.3 Å². The fourth-order valence-electron chi connectivity index (χ4n) is 0.967. The van der Waals surface area contributed by atoms with Gasteiger partial charge in [-0.25, -0.2) is 0 Å². The maximum Gasteiger partial charge on any atom is 0.310 e. The van der Waals surface area contributed by atoms with E-state index in [0.717, 1.165) is 5.56 Å². The lowest BCUT2D eigenvalue weighted by atomic mass is 10.2. The zero-order valence-corrected chi connectivity index (χ0v) is 9.50. The number of carbonyl (C=O) groups excluding carboxylic acids is 1. The first-order valence-corrected chi connectivity index (χ1v) is 4.64. The van der Waals surface area contributed by atoms with E-state index >= 15 is 0 Å². The average Bonchev–Trinajstić information content (AvgIpc) is 2.26. The van der Waals surface area contributed by atoms with Gasteiger partial charge in [-0.05, 0) is 5.56 Å². The second kappa shape index (κ2) is 7.26. The number of nitrogens with two attached hydrogens (primary N) is 1. The van der Waals surface area contributed by atoms with Gasteiger partial charge in [0.25, 0.3) is 0 Å². The number of esters is 1. The van der Waals surface area contributed by atoms with Crippen LogP contribution in [0.5, 0.6) is 0 Å². The van der Waals surface area contributed by atoms with E-state index in [0.29, 0.717) is 13.2 Å². The lowest BCUT2D eigenvalue weighted by Gasteiger charge is -2.08. The predicted octanol–water partition coefficient (Wildman–Crippen LogP) is 1.75. The SMILES string of the molecule is C[C@H](CN)C(=O)OCc1ccccc1.Cl. The molecule has 2 N–H and O–H groups in total. The third kappa shape index (κ3) is 4.81. The van der Waals surface area contributed by atoms with Crippen molar-refractivity contribution in [1.82, 2.24) is 0 Å². The van der Waals surface area contributed by atoms with Crippen LogP contribution in [0.4, 0.5) is 0 Å². The summed E-state index contributed by atoms with van der Waals surface area (Å²) in [6.07, 6.45) is 0. The summed E-state index contributed by atoms with van der Waals surface area (Å²) in [7, 11) is 0. The third-order valence-electron chi connectivity index (χ3n) is 1.98. The summed E-state index contributed by atoms with van der Waals surface area (Å²) >= 11 is 0. The molecule has 1 aromatic rings. The molecule has 0 aliphatic heterocycles. The van der Waals surface area contributed by atoms with Gasteiger partial charge in [0.2, 0.25) is 0 Å². The lowest BCUT2D eigenvalue weighted by molar-refractivity contribution is -0.148. The Morgan fingerprint density at radius 3 is 2.53 bits per heavy atom. The summed E-state index contributed by atoms with van der Waals surface area (Å²) in [5.74, 6) is -0.463. The third-order valence-corrected chi connectivity index (χ3v) is 1.98. The number of rotatable bonds is 4. The van der Waals surface area contributed by atoms with Crippen molar-refractivity contribution in [3.8, 4) is 0 Å². The number of carbonyl (C=O) groups is 1. The number of ether oxygens (including phenoxy) is 1. The summed E-state index contributed by atoms with van der Waals surface area (Å²) in [6.45, 7) is 2.41. The second-order valence-electron chi connectivity index (χ2n) is 3.23. The molecule has 0 aromatic heterocycles. The fourth-order valence-corrected chi connectivity index (χ4v) is 0.967. The number of benzene rings is 1. The molecule has 1 atom stereocenters. The van der Waals surface area contributed by atoms with Crippen molar-refractivity contribution >= 4 is 18.4 Å². The van der Waals surface area contributed by atoms with Crippen molar-refractivity contribution in [3.05, 3.63) is 35.9 Å². The van der Waals surface area contributed by atoms with Crippen LogP contribution in [0.1, 0.15) is 12.5 Å². The zero-order valence-electron chi connectivity index (χ0n) is 8.68. The van der Waals surface area contributed by atoms with Crippen molar-refractivity contribution in [2.45, 2.75) is 13.5 Å². The standard InChI is InChI=1S/C11H15NO2.ClH/c1-9(7-12)11(13)14-8-10-5-3-2-4-6-10;/h2-6,9H,7-8,12H2,1H3;1H/t9-;/m1./s1. The fraction of sp³-hybridized carbons (Fsp3) is 0.364. The Bertz CT molecular complexity index is 290. The molecule has 0 aliphatic rings. The molecule has 3 nitrogen and oxygen atoms in total. The second-order valence-corrected chi connectivity index (χ2v) is 3.23. The molecule has 4 heteroatoms. The van der Waals surface area contributed by atoms with E-state index in [4.69, 9.17) is 10.5 Å². The van der Waals surface area contributed by atoms with E-state index in [1.165, 1.54) is 0 Å². The Kier molecular flexibility index (Phi) is 6.75. The smallest absolute Gasteiger partial charge is 0.310 e. The molecular weight excluding hydrogens is 214 g/mol. The van der Waals surface area contributed by atoms with Crippen LogP contribution < -0.4 is 5.73 Å². The van der Waals surface area contributed by atoms with E-state index in [2.05, 4.69) is 0 Å². The van der Waals surface area contributed by atoms with Gasteiger partial charge in [-0.2, -0.15) is 0 Å². The van der Waals surface area contributed by atoms with E-state index in [9.17, 15) is 4.79 Å². The normalized spacial score (nSPS) is 11.3. The number of halogens is 1. The van der Waals surface area contributed by atoms with Crippen LogP contribution in [0.2, 0.25) is 0 Å². The van der Waals surface area contributed by atoms with Crippen LogP contribution in [0, 0.1) is 5.92 Å². The zero-order chi connectivity index (χ0) is 10.4. The highest BCUT2D eigenvalue weighted by molar-refractivity contribution is 5.85. The largest absolute Gasteiger partial charge is 0.461 e. The molecule has 0 heterocycles. The molecule has 0 bridgehead atoms. The van der Waals surface area contributed by atoms with Gasteiger partial charge in [0.05, 0.1) is 5.92 Å². The van der Waals surface area contributed by atoms with Crippen LogP contribution in [-0.4, -0.2) is 12.5 Å². The van der Waals surface area contributed by atoms with Crippen molar-refractivity contribution < 1.29 is 9.53 Å². The highest BCUT2D eigenvalue weighted by atomic mass is 35.5. The van der Waals surface area contributed by atoms with Crippen LogP contribution in [0.25, 0.3) is 0 Å². The van der Waals surface area contributed by atoms with Crippen molar-refractivity contribution in [3.63, 3.8) is 0 Å². The Hall–Kier alpha value is -1.06. The lowest BCUT2D eigenvalue weighted by Crippen LogP contribution is -2.22. The van der Waals surface area contributed by atoms with Gasteiger partial charge in [0, 0.05) is 6.54 Å². The average molecular weight is 230 g/mol. The molecule has 0 radical (unpaired) electrons. The quantitative estimate of drug-likeness (QED) is 0.801. The molecule has 1 aromatic carbocycles. The molecule has 0 fully saturated rings. The van der Waals surface area contributed by atoms with Crippen molar-refractivity contribution in [2.75, 3.05) is 6.54 Å². The summed E-state index contributed by atoms with van der Waals surface area (Å²) in [5, 5.41) is 0. The Morgan fingerprint density at radius 2 is 2.00 bits per heavy atom. The molecule has 84 valence electrons. The molecule has 0 aliphatic carbocycles. The van der Waals surface area contributed by atoms with E-state index < -0.39 is 0 Å². The molecule has 0 unspecified atom stereocenters. The first kappa shape index (κ1) is 13.9. The maximum atomic E-state index is 11.2. The monoisotopic (exact) mass is 229 g/mol. The van der Waals surface area contributed by atoms with Crippen LogP contribution in [0.15, 0.2) is 30.3 Å². The van der Waals surface area contributed by atoms with Crippen molar-refractivity contribution in [2.24, 2.45) is 11.7 Å². The topological polar surface area (TPSA) is 52.3 Å². The molecule has 0 saturated heterocycles. The van der Waals surface area contributed by atoms with Gasteiger partial charge >= 0.3 is 5.97 Å². The molecule has 15 heavy (non-hydrogen) atoms. The molecule has 0 saturated carbocycles. The molecular formula is C11H16ClNO2. The highest BCUT2D eigenvalue weighted by Gasteiger charge is 2.11. The van der Waals surface area contributed by atoms with Gasteiger partial charge in [-0.3, -0.25) is 4.79 Å².